The lowest BCUT2D eigenvalue weighted by atomic mass is 10.1. The summed E-state index contributed by atoms with van der Waals surface area (Å²) in [5.74, 6) is -1.81. The average molecular weight is 281 g/mol. The SMILES string of the molecule is CC(=O)c1c(C)[nH]c(C(=O)OCC(=O)NC(N)=O)c1C. The molecule has 0 saturated carbocycles. The third-order valence-corrected chi connectivity index (χ3v) is 2.59. The van der Waals surface area contributed by atoms with E-state index in [1.807, 2.05) is 0 Å². The summed E-state index contributed by atoms with van der Waals surface area (Å²) in [5.41, 5.74) is 6.25. The minimum Gasteiger partial charge on any atom is -0.451 e. The van der Waals surface area contributed by atoms with E-state index in [1.54, 1.807) is 19.2 Å². The Labute approximate surface area is 114 Å². The lowest BCUT2D eigenvalue weighted by Gasteiger charge is -2.04. The maximum Gasteiger partial charge on any atom is 0.355 e. The second-order valence-electron chi connectivity index (χ2n) is 4.17. The summed E-state index contributed by atoms with van der Waals surface area (Å²) in [5, 5.41) is 1.76. The van der Waals surface area contributed by atoms with Gasteiger partial charge >= 0.3 is 12.0 Å². The molecular weight excluding hydrogens is 266 g/mol. The lowest BCUT2D eigenvalue weighted by molar-refractivity contribution is -0.123. The van der Waals surface area contributed by atoms with Gasteiger partial charge < -0.3 is 15.5 Å². The van der Waals surface area contributed by atoms with Gasteiger partial charge in [-0.05, 0) is 26.3 Å². The van der Waals surface area contributed by atoms with E-state index in [-0.39, 0.29) is 11.5 Å². The Morgan fingerprint density at radius 1 is 1.25 bits per heavy atom. The van der Waals surface area contributed by atoms with E-state index in [0.717, 1.165) is 0 Å². The first-order chi connectivity index (χ1) is 9.23. The second kappa shape index (κ2) is 6.00. The number of hydrogen-bond acceptors (Lipinski definition) is 5. The number of H-pyrrole nitrogens is 1. The van der Waals surface area contributed by atoms with Crippen molar-refractivity contribution in [1.29, 1.82) is 0 Å². The largest absolute Gasteiger partial charge is 0.451 e. The molecule has 0 aliphatic rings. The van der Waals surface area contributed by atoms with Gasteiger partial charge in [0.05, 0.1) is 0 Å². The van der Waals surface area contributed by atoms with Crippen molar-refractivity contribution < 1.29 is 23.9 Å². The molecule has 3 amide bonds. The van der Waals surface area contributed by atoms with E-state index in [2.05, 4.69) is 4.98 Å². The molecule has 0 aliphatic heterocycles. The van der Waals surface area contributed by atoms with Gasteiger partial charge in [0.15, 0.2) is 12.4 Å². The number of carbonyl (C=O) groups is 4. The summed E-state index contributed by atoms with van der Waals surface area (Å²) in [6.07, 6.45) is 0. The zero-order valence-electron chi connectivity index (χ0n) is 11.3. The molecule has 0 saturated heterocycles. The van der Waals surface area contributed by atoms with Crippen LogP contribution in [0.3, 0.4) is 0 Å². The third-order valence-electron chi connectivity index (χ3n) is 2.59. The molecule has 0 fully saturated rings. The molecule has 1 heterocycles. The highest BCUT2D eigenvalue weighted by Gasteiger charge is 2.21. The monoisotopic (exact) mass is 281 g/mol. The van der Waals surface area contributed by atoms with Crippen LogP contribution in [0.5, 0.6) is 0 Å². The highest BCUT2D eigenvalue weighted by molar-refractivity contribution is 6.01. The number of aromatic amines is 1. The van der Waals surface area contributed by atoms with Crippen LogP contribution in [0.15, 0.2) is 0 Å². The van der Waals surface area contributed by atoms with Crippen molar-refractivity contribution in [2.24, 2.45) is 5.73 Å². The molecule has 4 N–H and O–H groups in total. The summed E-state index contributed by atoms with van der Waals surface area (Å²) < 4.78 is 4.72. The molecule has 0 aromatic carbocycles. The molecule has 1 aromatic heterocycles. The lowest BCUT2D eigenvalue weighted by Crippen LogP contribution is -2.37. The molecule has 0 atom stereocenters. The number of nitrogens with one attached hydrogen (secondary N) is 2. The van der Waals surface area contributed by atoms with Gasteiger partial charge in [-0.2, -0.15) is 0 Å². The normalized spacial score (nSPS) is 9.95. The number of nitrogens with two attached hydrogens (primary N) is 1. The van der Waals surface area contributed by atoms with E-state index in [9.17, 15) is 19.2 Å². The Bertz CT molecular complexity index is 588. The first-order valence-electron chi connectivity index (χ1n) is 5.70. The van der Waals surface area contributed by atoms with Crippen LogP contribution in [-0.4, -0.2) is 35.3 Å². The van der Waals surface area contributed by atoms with Crippen molar-refractivity contribution in [2.45, 2.75) is 20.8 Å². The minimum absolute atomic E-state index is 0.0968. The summed E-state index contributed by atoms with van der Waals surface area (Å²) >= 11 is 0. The number of rotatable bonds is 4. The van der Waals surface area contributed by atoms with Crippen LogP contribution in [0, 0.1) is 13.8 Å². The Morgan fingerprint density at radius 2 is 1.85 bits per heavy atom. The summed E-state index contributed by atoms with van der Waals surface area (Å²) in [6.45, 7) is 3.99. The maximum absolute atomic E-state index is 11.8. The number of imide groups is 1. The number of primary amides is 1. The van der Waals surface area contributed by atoms with Crippen molar-refractivity contribution in [2.75, 3.05) is 6.61 Å². The second-order valence-corrected chi connectivity index (χ2v) is 4.17. The zero-order valence-corrected chi connectivity index (χ0v) is 11.3. The fourth-order valence-corrected chi connectivity index (χ4v) is 1.86. The fourth-order valence-electron chi connectivity index (χ4n) is 1.86. The smallest absolute Gasteiger partial charge is 0.355 e. The Hall–Kier alpha value is -2.64. The van der Waals surface area contributed by atoms with Crippen molar-refractivity contribution >= 4 is 23.7 Å². The van der Waals surface area contributed by atoms with Crippen LogP contribution in [0.2, 0.25) is 0 Å². The van der Waals surface area contributed by atoms with Crippen molar-refractivity contribution in [3.63, 3.8) is 0 Å². The number of hydrogen-bond donors (Lipinski definition) is 3. The number of esters is 1. The fraction of sp³-hybridized carbons (Fsp3) is 0.333. The average Bonchev–Trinajstić information content (AvgIpc) is 2.60. The quantitative estimate of drug-likeness (QED) is 0.535. The Balaban J connectivity index is 2.79. The van der Waals surface area contributed by atoms with E-state index >= 15 is 0 Å². The van der Waals surface area contributed by atoms with Crippen LogP contribution in [0.25, 0.3) is 0 Å². The minimum atomic E-state index is -1.03. The van der Waals surface area contributed by atoms with Crippen LogP contribution < -0.4 is 11.1 Å². The topological polar surface area (TPSA) is 131 Å². The molecular formula is C12H15N3O5. The highest BCUT2D eigenvalue weighted by Crippen LogP contribution is 2.19. The molecule has 108 valence electrons. The first kappa shape index (κ1) is 15.4. The molecule has 1 rings (SSSR count). The first-order valence-corrected chi connectivity index (χ1v) is 5.70. The van der Waals surface area contributed by atoms with E-state index in [0.29, 0.717) is 16.8 Å². The van der Waals surface area contributed by atoms with E-state index in [1.165, 1.54) is 6.92 Å². The number of ether oxygens (including phenoxy) is 1. The van der Waals surface area contributed by atoms with Gasteiger partial charge in [0.25, 0.3) is 5.91 Å². The molecule has 0 radical (unpaired) electrons. The molecule has 0 aliphatic carbocycles. The number of Topliss-reactive ketones (excluding diaryl/α,β-unsaturated/α-hetero) is 1. The summed E-state index contributed by atoms with van der Waals surface area (Å²) in [6, 6.07) is -1.03. The van der Waals surface area contributed by atoms with Crippen LogP contribution in [0.1, 0.15) is 39.0 Å². The standard InChI is InChI=1S/C12H15N3O5/c1-5-9(7(3)16)6(2)14-10(5)11(18)20-4-8(17)15-12(13)19/h14H,4H2,1-3H3,(H3,13,15,17,19). The van der Waals surface area contributed by atoms with Gasteiger partial charge in [-0.3, -0.25) is 14.9 Å². The van der Waals surface area contributed by atoms with Crippen LogP contribution in [-0.2, 0) is 9.53 Å². The van der Waals surface area contributed by atoms with Gasteiger partial charge in [0.2, 0.25) is 0 Å². The zero-order chi connectivity index (χ0) is 15.4. The number of ketones is 1. The number of carbonyl (C=O) groups excluding carboxylic acids is 4. The molecule has 1 aromatic rings. The molecule has 0 bridgehead atoms. The van der Waals surface area contributed by atoms with Crippen molar-refractivity contribution in [3.8, 4) is 0 Å². The van der Waals surface area contributed by atoms with E-state index < -0.39 is 24.5 Å². The summed E-state index contributed by atoms with van der Waals surface area (Å²) in [7, 11) is 0. The molecule has 0 unspecified atom stereocenters. The summed E-state index contributed by atoms with van der Waals surface area (Å²) in [4.78, 5) is 47.5. The molecule has 8 heteroatoms. The van der Waals surface area contributed by atoms with Crippen molar-refractivity contribution in [1.82, 2.24) is 10.3 Å². The third kappa shape index (κ3) is 3.44. The Kier molecular flexibility index (Phi) is 4.63. The number of urea groups is 1. The maximum atomic E-state index is 11.8. The van der Waals surface area contributed by atoms with Gasteiger partial charge in [-0.15, -0.1) is 0 Å². The molecule has 8 nitrogen and oxygen atoms in total. The Morgan fingerprint density at radius 3 is 2.30 bits per heavy atom. The number of amides is 3. The number of aromatic nitrogens is 1. The van der Waals surface area contributed by atoms with Gasteiger partial charge in [0.1, 0.15) is 5.69 Å². The predicted molar refractivity (Wildman–Crippen MR) is 68.3 cm³/mol. The van der Waals surface area contributed by atoms with Crippen LogP contribution in [0.4, 0.5) is 4.79 Å². The van der Waals surface area contributed by atoms with Gasteiger partial charge in [0, 0.05) is 11.3 Å². The van der Waals surface area contributed by atoms with Crippen molar-refractivity contribution in [3.05, 3.63) is 22.5 Å². The van der Waals surface area contributed by atoms with Gasteiger partial charge in [-0.25, -0.2) is 9.59 Å². The predicted octanol–water partition coefficient (Wildman–Crippen LogP) is 0.186. The highest BCUT2D eigenvalue weighted by atomic mass is 16.5. The van der Waals surface area contributed by atoms with Gasteiger partial charge in [-0.1, -0.05) is 0 Å². The molecule has 0 spiro atoms. The van der Waals surface area contributed by atoms with E-state index in [4.69, 9.17) is 10.5 Å². The molecule has 20 heavy (non-hydrogen) atoms. The van der Waals surface area contributed by atoms with Crippen LogP contribution >= 0.6 is 0 Å². The number of aryl methyl sites for hydroxylation is 1.